The summed E-state index contributed by atoms with van der Waals surface area (Å²) in [6.07, 6.45) is 7.42. The van der Waals surface area contributed by atoms with Gasteiger partial charge in [-0.05, 0) is 67.7 Å². The second-order valence-corrected chi connectivity index (χ2v) is 9.51. The Morgan fingerprint density at radius 1 is 1.29 bits per heavy atom. The van der Waals surface area contributed by atoms with Crippen molar-refractivity contribution in [1.29, 1.82) is 0 Å². The molecule has 2 heterocycles. The van der Waals surface area contributed by atoms with Crippen molar-refractivity contribution in [3.05, 3.63) is 34.5 Å². The minimum Gasteiger partial charge on any atom is -0.472 e. The molecule has 8 nitrogen and oxygen atoms in total. The number of nitrogens with zero attached hydrogens (tertiary/aromatic N) is 3. The quantitative estimate of drug-likeness (QED) is 0.805. The number of aryl methyl sites for hydroxylation is 2. The Morgan fingerprint density at radius 3 is 2.64 bits per heavy atom. The second-order valence-electron chi connectivity index (χ2n) is 7.75. The van der Waals surface area contributed by atoms with Gasteiger partial charge in [0.05, 0.1) is 12.7 Å². The Morgan fingerprint density at radius 2 is 1.96 bits per heavy atom. The zero-order chi connectivity index (χ0) is 19.5. The molecule has 0 bridgehead atoms. The first-order chi connectivity index (χ1) is 13.4. The lowest BCUT2D eigenvalue weighted by molar-refractivity contribution is 0.248. The predicted octanol–water partition coefficient (Wildman–Crippen LogP) is 2.57. The molecule has 2 amide bonds. The number of ether oxygens (including phenoxy) is 1. The molecule has 0 fully saturated rings. The van der Waals surface area contributed by atoms with Gasteiger partial charge in [0, 0.05) is 5.69 Å². The van der Waals surface area contributed by atoms with Crippen molar-refractivity contribution in [2.45, 2.75) is 63.0 Å². The van der Waals surface area contributed by atoms with Gasteiger partial charge in [0.2, 0.25) is 5.88 Å². The Hall–Kier alpha value is -2.39. The fraction of sp³-hybridized carbons (Fsp3) is 0.474. The van der Waals surface area contributed by atoms with E-state index in [1.807, 2.05) is 6.92 Å². The van der Waals surface area contributed by atoms with Gasteiger partial charge < -0.3 is 10.1 Å². The maximum Gasteiger partial charge on any atom is 0.354 e. The molecule has 5 rings (SSSR count). The van der Waals surface area contributed by atoms with Gasteiger partial charge in [-0.3, -0.25) is 0 Å². The third-order valence-electron chi connectivity index (χ3n) is 5.74. The summed E-state index contributed by atoms with van der Waals surface area (Å²) in [5, 5.41) is 13.0. The van der Waals surface area contributed by atoms with Gasteiger partial charge >= 0.3 is 6.03 Å². The van der Waals surface area contributed by atoms with Crippen LogP contribution in [0.2, 0.25) is 0 Å². The lowest BCUT2D eigenvalue weighted by atomic mass is 9.99. The fourth-order valence-corrected chi connectivity index (χ4v) is 5.54. The number of aromatic nitrogens is 2. The molecule has 3 N–H and O–H groups in total. The average molecular weight is 401 g/mol. The van der Waals surface area contributed by atoms with Crippen molar-refractivity contribution in [2.75, 3.05) is 5.32 Å². The van der Waals surface area contributed by atoms with Gasteiger partial charge in [-0.25, -0.2) is 18.8 Å². The largest absolute Gasteiger partial charge is 0.472 e. The van der Waals surface area contributed by atoms with Crippen LogP contribution >= 0.6 is 0 Å². The van der Waals surface area contributed by atoms with E-state index in [1.165, 1.54) is 28.5 Å². The average Bonchev–Trinajstić information content (AvgIpc) is 3.35. The third kappa shape index (κ3) is 2.80. The number of nitrogens with two attached hydrogens (primary N) is 1. The minimum absolute atomic E-state index is 0.0824. The van der Waals surface area contributed by atoms with Crippen LogP contribution in [0.25, 0.3) is 0 Å². The number of hydrogen-bond donors (Lipinski definition) is 2. The van der Waals surface area contributed by atoms with E-state index in [0.717, 1.165) is 44.2 Å². The smallest absolute Gasteiger partial charge is 0.354 e. The maximum absolute atomic E-state index is 13.0. The number of rotatable bonds is 2. The normalized spacial score (nSPS) is 21.4. The molecule has 1 aliphatic heterocycles. The van der Waals surface area contributed by atoms with Gasteiger partial charge in [-0.15, -0.1) is 4.36 Å². The number of carbonyl (C=O) groups excluding carboxylic acids is 1. The Labute approximate surface area is 163 Å². The van der Waals surface area contributed by atoms with Gasteiger partial charge in [0.25, 0.3) is 0 Å². The molecule has 0 saturated heterocycles. The van der Waals surface area contributed by atoms with Crippen molar-refractivity contribution in [1.82, 2.24) is 9.78 Å². The highest BCUT2D eigenvalue weighted by molar-refractivity contribution is 7.91. The molecule has 1 aromatic carbocycles. The fourth-order valence-electron chi connectivity index (χ4n) is 4.55. The molecular formula is C19H23N5O3S. The molecule has 0 unspecified atom stereocenters. The van der Waals surface area contributed by atoms with Crippen LogP contribution in [0.3, 0.4) is 0 Å². The van der Waals surface area contributed by atoms with Crippen LogP contribution < -0.4 is 15.2 Å². The molecular weight excluding hydrogens is 378 g/mol. The molecule has 2 aromatic rings. The zero-order valence-electron chi connectivity index (χ0n) is 15.7. The van der Waals surface area contributed by atoms with E-state index in [4.69, 9.17) is 9.88 Å². The number of amides is 2. The van der Waals surface area contributed by atoms with E-state index in [-0.39, 0.29) is 11.0 Å². The van der Waals surface area contributed by atoms with E-state index in [2.05, 4.69) is 20.8 Å². The summed E-state index contributed by atoms with van der Waals surface area (Å²) in [6, 6.07) is 1.60. The number of anilines is 1. The van der Waals surface area contributed by atoms with Crippen molar-refractivity contribution < 1.29 is 13.7 Å². The van der Waals surface area contributed by atoms with Crippen LogP contribution in [-0.4, -0.2) is 26.1 Å². The van der Waals surface area contributed by atoms with Gasteiger partial charge in [0.15, 0.2) is 9.92 Å². The highest BCUT2D eigenvalue weighted by Crippen LogP contribution is 2.38. The topological polar surface area (TPSA) is 112 Å². The Bertz CT molecular complexity index is 1080. The monoisotopic (exact) mass is 401 g/mol. The Balaban J connectivity index is 1.48. The lowest BCUT2D eigenvalue weighted by Crippen LogP contribution is -2.19. The van der Waals surface area contributed by atoms with Crippen molar-refractivity contribution in [3.63, 3.8) is 0 Å². The molecule has 9 heteroatoms. The lowest BCUT2D eigenvalue weighted by Gasteiger charge is -2.15. The number of benzene rings is 1. The molecule has 0 saturated carbocycles. The van der Waals surface area contributed by atoms with E-state index < -0.39 is 15.9 Å². The maximum atomic E-state index is 13.0. The van der Waals surface area contributed by atoms with Crippen molar-refractivity contribution in [2.24, 2.45) is 9.50 Å². The minimum atomic E-state index is -3.46. The van der Waals surface area contributed by atoms with E-state index >= 15 is 0 Å². The van der Waals surface area contributed by atoms with Crippen molar-refractivity contribution >= 4 is 21.6 Å². The third-order valence-corrected chi connectivity index (χ3v) is 7.09. The van der Waals surface area contributed by atoms with E-state index in [1.54, 1.807) is 4.68 Å². The van der Waals surface area contributed by atoms with Gasteiger partial charge in [0.1, 0.15) is 11.0 Å². The summed E-state index contributed by atoms with van der Waals surface area (Å²) in [7, 11) is -3.46. The van der Waals surface area contributed by atoms with Crippen LogP contribution in [0, 0.1) is 0 Å². The first-order valence-electron chi connectivity index (χ1n) is 9.67. The second kappa shape index (κ2) is 6.31. The predicted molar refractivity (Wildman–Crippen MR) is 105 cm³/mol. The highest BCUT2D eigenvalue weighted by atomic mass is 32.2. The summed E-state index contributed by atoms with van der Waals surface area (Å²) in [6.45, 7) is 2.44. The molecule has 0 radical (unpaired) electrons. The molecule has 0 spiro atoms. The summed E-state index contributed by atoms with van der Waals surface area (Å²) in [5.74, 6) is 0.332. The van der Waals surface area contributed by atoms with Crippen LogP contribution in [-0.2, 0) is 42.1 Å². The molecule has 28 heavy (non-hydrogen) atoms. The van der Waals surface area contributed by atoms with Crippen LogP contribution in [0.15, 0.2) is 21.5 Å². The first-order valence-corrected chi connectivity index (χ1v) is 11.2. The molecule has 2 aliphatic carbocycles. The number of hydrogen-bond acceptors (Lipinski definition) is 4. The zero-order valence-corrected chi connectivity index (χ0v) is 16.6. The first kappa shape index (κ1) is 17.7. The molecule has 1 aromatic heterocycles. The summed E-state index contributed by atoms with van der Waals surface area (Å²) >= 11 is 0. The molecule has 148 valence electrons. The molecule has 3 aliphatic rings. The van der Waals surface area contributed by atoms with E-state index in [0.29, 0.717) is 12.4 Å². The number of carbonyl (C=O) groups is 1. The summed E-state index contributed by atoms with van der Waals surface area (Å²) in [5.41, 5.74) is 5.85. The highest BCUT2D eigenvalue weighted by Gasteiger charge is 2.29. The standard InChI is InChI=1S/C19H23N5O3S/c1-11-10-24-18(27-11)16(9-21-24)28(20,26)23-19(25)22-17-14-6-2-4-12(14)8-13-5-3-7-15(13)17/h8-9,11H,2-7,10H2,1H3,(H3,20,22,23,25,26)/t11-,28+/m0/s1. The number of urea groups is 1. The summed E-state index contributed by atoms with van der Waals surface area (Å²) in [4.78, 5) is 12.8. The molecule has 2 atom stereocenters. The van der Waals surface area contributed by atoms with Crippen molar-refractivity contribution in [3.8, 4) is 5.88 Å². The van der Waals surface area contributed by atoms with Crippen LogP contribution in [0.5, 0.6) is 5.88 Å². The van der Waals surface area contributed by atoms with Gasteiger partial charge in [-0.1, -0.05) is 6.07 Å². The summed E-state index contributed by atoms with van der Waals surface area (Å²) < 4.78 is 24.1. The van der Waals surface area contributed by atoms with Crippen LogP contribution in [0.4, 0.5) is 10.5 Å². The van der Waals surface area contributed by atoms with E-state index in [9.17, 15) is 9.00 Å². The Kier molecular flexibility index (Phi) is 3.99. The number of fused-ring (bicyclic) bond motifs is 3. The number of nitrogens with one attached hydrogen (secondary N) is 1. The van der Waals surface area contributed by atoms with Gasteiger partial charge in [-0.2, -0.15) is 5.10 Å². The SMILES string of the molecule is C[C@H]1Cn2ncc([S@](N)(=O)=NC(=O)Nc3c4c(cc5c3CCC5)CCC4)c2O1. The van der Waals surface area contributed by atoms with Crippen LogP contribution in [0.1, 0.15) is 42.0 Å².